The largest absolute Gasteiger partial charge is 0.496 e. The van der Waals surface area contributed by atoms with Crippen LogP contribution in [-0.2, 0) is 16.1 Å². The van der Waals surface area contributed by atoms with E-state index in [0.29, 0.717) is 17.3 Å². The number of hydrogen-bond acceptors (Lipinski definition) is 7. The van der Waals surface area contributed by atoms with E-state index in [1.54, 1.807) is 12.1 Å². The van der Waals surface area contributed by atoms with E-state index in [0.717, 1.165) is 0 Å². The van der Waals surface area contributed by atoms with Crippen LogP contribution < -0.4 is 19.5 Å². The van der Waals surface area contributed by atoms with Crippen molar-refractivity contribution < 1.29 is 33.0 Å². The van der Waals surface area contributed by atoms with Gasteiger partial charge in [0.15, 0.2) is 17.6 Å². The van der Waals surface area contributed by atoms with Crippen molar-refractivity contribution >= 4 is 11.9 Å². The molecule has 0 radical (unpaired) electrons. The molecular formula is C18H21NO7. The standard InChI is InChI=1S/C18H21NO7/c1-11(17(20)19-10-12-6-5-7-25-12)26-18(21)13-8-15(23-3)16(24-4)9-14(13)22-2/h5-9,11H,10H2,1-4H3,(H,19,20)/t11-/m1/s1. The molecule has 1 aromatic heterocycles. The molecule has 0 unspecified atom stereocenters. The third kappa shape index (κ3) is 4.47. The molecule has 1 heterocycles. The first-order valence-corrected chi connectivity index (χ1v) is 7.81. The Morgan fingerprint density at radius 3 is 2.31 bits per heavy atom. The number of furan rings is 1. The molecule has 0 fully saturated rings. The van der Waals surface area contributed by atoms with Gasteiger partial charge in [0.2, 0.25) is 0 Å². The second-order valence-corrected chi connectivity index (χ2v) is 5.25. The number of esters is 1. The van der Waals surface area contributed by atoms with Crippen molar-refractivity contribution in [2.45, 2.75) is 19.6 Å². The number of methoxy groups -OCH3 is 3. The quantitative estimate of drug-likeness (QED) is 0.718. The first kappa shape index (κ1) is 19.2. The number of benzene rings is 1. The van der Waals surface area contributed by atoms with Crippen molar-refractivity contribution in [1.29, 1.82) is 0 Å². The van der Waals surface area contributed by atoms with Crippen LogP contribution in [0, 0.1) is 0 Å². The minimum absolute atomic E-state index is 0.121. The Morgan fingerprint density at radius 2 is 1.73 bits per heavy atom. The van der Waals surface area contributed by atoms with E-state index < -0.39 is 18.0 Å². The van der Waals surface area contributed by atoms with Gasteiger partial charge in [0, 0.05) is 12.1 Å². The molecule has 8 heteroatoms. The van der Waals surface area contributed by atoms with E-state index in [-0.39, 0.29) is 17.9 Å². The SMILES string of the molecule is COc1cc(OC)c(C(=O)O[C@H](C)C(=O)NCc2ccco2)cc1OC. The van der Waals surface area contributed by atoms with Gasteiger partial charge in [-0.25, -0.2) is 4.79 Å². The molecule has 0 aliphatic carbocycles. The summed E-state index contributed by atoms with van der Waals surface area (Å²) in [5.41, 5.74) is 0.121. The first-order chi connectivity index (χ1) is 12.5. The number of nitrogens with one attached hydrogen (secondary N) is 1. The van der Waals surface area contributed by atoms with Crippen molar-refractivity contribution in [3.63, 3.8) is 0 Å². The van der Waals surface area contributed by atoms with E-state index in [9.17, 15) is 9.59 Å². The molecule has 140 valence electrons. The van der Waals surface area contributed by atoms with Crippen molar-refractivity contribution in [2.24, 2.45) is 0 Å². The summed E-state index contributed by atoms with van der Waals surface area (Å²) in [5.74, 6) is 0.423. The number of amides is 1. The van der Waals surface area contributed by atoms with E-state index >= 15 is 0 Å². The Bertz CT molecular complexity index is 755. The maximum Gasteiger partial charge on any atom is 0.342 e. The monoisotopic (exact) mass is 363 g/mol. The van der Waals surface area contributed by atoms with E-state index in [2.05, 4.69) is 5.32 Å². The maximum atomic E-state index is 12.4. The zero-order chi connectivity index (χ0) is 19.1. The zero-order valence-electron chi connectivity index (χ0n) is 15.0. The molecule has 2 rings (SSSR count). The molecule has 26 heavy (non-hydrogen) atoms. The van der Waals surface area contributed by atoms with Gasteiger partial charge in [-0.2, -0.15) is 0 Å². The molecule has 2 aromatic rings. The summed E-state index contributed by atoms with van der Waals surface area (Å²) >= 11 is 0. The van der Waals surface area contributed by atoms with Gasteiger partial charge in [0.05, 0.1) is 34.1 Å². The third-order valence-electron chi connectivity index (χ3n) is 3.60. The highest BCUT2D eigenvalue weighted by Gasteiger charge is 2.23. The van der Waals surface area contributed by atoms with Gasteiger partial charge in [0.25, 0.3) is 5.91 Å². The predicted octanol–water partition coefficient (Wildman–Crippen LogP) is 2.17. The van der Waals surface area contributed by atoms with Gasteiger partial charge in [-0.3, -0.25) is 4.79 Å². The van der Waals surface area contributed by atoms with Crippen LogP contribution in [0.3, 0.4) is 0 Å². The molecule has 1 atom stereocenters. The van der Waals surface area contributed by atoms with Crippen molar-refractivity contribution in [3.8, 4) is 17.2 Å². The number of hydrogen-bond donors (Lipinski definition) is 1. The van der Waals surface area contributed by atoms with Crippen LogP contribution >= 0.6 is 0 Å². The zero-order valence-corrected chi connectivity index (χ0v) is 15.0. The molecule has 0 aliphatic rings. The van der Waals surface area contributed by atoms with E-state index in [4.69, 9.17) is 23.4 Å². The predicted molar refractivity (Wildman–Crippen MR) is 91.5 cm³/mol. The lowest BCUT2D eigenvalue weighted by molar-refractivity contribution is -0.129. The number of carbonyl (C=O) groups is 2. The fourth-order valence-electron chi connectivity index (χ4n) is 2.20. The Balaban J connectivity index is 2.06. The smallest absolute Gasteiger partial charge is 0.342 e. The van der Waals surface area contributed by atoms with E-state index in [1.165, 1.54) is 46.6 Å². The maximum absolute atomic E-state index is 12.4. The molecule has 1 N–H and O–H groups in total. The summed E-state index contributed by atoms with van der Waals surface area (Å²) in [7, 11) is 4.34. The Hall–Kier alpha value is -3.16. The fourth-order valence-corrected chi connectivity index (χ4v) is 2.20. The Morgan fingerprint density at radius 1 is 1.08 bits per heavy atom. The van der Waals surface area contributed by atoms with Crippen LogP contribution in [0.5, 0.6) is 17.2 Å². The summed E-state index contributed by atoms with van der Waals surface area (Å²) in [6.45, 7) is 1.68. The fraction of sp³-hybridized carbons (Fsp3) is 0.333. The normalized spacial score (nSPS) is 11.4. The molecule has 1 amide bonds. The number of rotatable bonds is 8. The van der Waals surface area contributed by atoms with Crippen molar-refractivity contribution in [1.82, 2.24) is 5.32 Å². The highest BCUT2D eigenvalue weighted by Crippen LogP contribution is 2.35. The highest BCUT2D eigenvalue weighted by molar-refractivity contribution is 5.95. The van der Waals surface area contributed by atoms with Crippen LogP contribution in [0.2, 0.25) is 0 Å². The van der Waals surface area contributed by atoms with Crippen LogP contribution in [0.25, 0.3) is 0 Å². The molecule has 0 saturated carbocycles. The third-order valence-corrected chi connectivity index (χ3v) is 3.60. The summed E-state index contributed by atoms with van der Waals surface area (Å²) in [5, 5.41) is 2.63. The molecule has 0 saturated heterocycles. The molecule has 0 bridgehead atoms. The lowest BCUT2D eigenvalue weighted by atomic mass is 10.1. The Labute approximate surface area is 151 Å². The van der Waals surface area contributed by atoms with Gasteiger partial charge >= 0.3 is 5.97 Å². The van der Waals surface area contributed by atoms with Gasteiger partial charge in [-0.15, -0.1) is 0 Å². The van der Waals surface area contributed by atoms with Gasteiger partial charge in [-0.05, 0) is 19.1 Å². The molecule has 0 aliphatic heterocycles. The van der Waals surface area contributed by atoms with Crippen LogP contribution in [-0.4, -0.2) is 39.3 Å². The van der Waals surface area contributed by atoms with Gasteiger partial charge in [0.1, 0.15) is 17.1 Å². The second-order valence-electron chi connectivity index (χ2n) is 5.25. The van der Waals surface area contributed by atoms with Crippen molar-refractivity contribution in [2.75, 3.05) is 21.3 Å². The molecular weight excluding hydrogens is 342 g/mol. The Kier molecular flexibility index (Phi) is 6.48. The minimum Gasteiger partial charge on any atom is -0.496 e. The van der Waals surface area contributed by atoms with Gasteiger partial charge in [-0.1, -0.05) is 0 Å². The second kappa shape index (κ2) is 8.80. The average molecular weight is 363 g/mol. The van der Waals surface area contributed by atoms with Crippen LogP contribution in [0.15, 0.2) is 34.9 Å². The summed E-state index contributed by atoms with van der Waals surface area (Å²) < 4.78 is 25.9. The summed E-state index contributed by atoms with van der Waals surface area (Å²) in [6, 6.07) is 6.39. The average Bonchev–Trinajstić information content (AvgIpc) is 3.18. The van der Waals surface area contributed by atoms with Crippen LogP contribution in [0.1, 0.15) is 23.0 Å². The topological polar surface area (TPSA) is 96.2 Å². The van der Waals surface area contributed by atoms with Gasteiger partial charge < -0.3 is 28.7 Å². The lowest BCUT2D eigenvalue weighted by Gasteiger charge is -2.16. The van der Waals surface area contributed by atoms with Crippen LogP contribution in [0.4, 0.5) is 0 Å². The van der Waals surface area contributed by atoms with E-state index in [1.807, 2.05) is 0 Å². The highest BCUT2D eigenvalue weighted by atomic mass is 16.6. The summed E-state index contributed by atoms with van der Waals surface area (Å²) in [6.07, 6.45) is 0.504. The first-order valence-electron chi connectivity index (χ1n) is 7.81. The number of carbonyl (C=O) groups excluding carboxylic acids is 2. The number of ether oxygens (including phenoxy) is 4. The summed E-state index contributed by atoms with van der Waals surface area (Å²) in [4.78, 5) is 24.5. The lowest BCUT2D eigenvalue weighted by Crippen LogP contribution is -2.35. The molecule has 1 aromatic carbocycles. The minimum atomic E-state index is -1.00. The van der Waals surface area contributed by atoms with Crippen molar-refractivity contribution in [3.05, 3.63) is 41.9 Å². The molecule has 0 spiro atoms. The molecule has 8 nitrogen and oxygen atoms in total.